The minimum atomic E-state index is -1.04. The minimum Gasteiger partial charge on any atom is -0.478 e. The van der Waals surface area contributed by atoms with E-state index >= 15 is 0 Å². The van der Waals surface area contributed by atoms with Gasteiger partial charge in [-0.1, -0.05) is 0 Å². The fraction of sp³-hybridized carbons (Fsp3) is 0.0769. The number of carboxylic acid groups (broad SMARTS) is 1. The summed E-state index contributed by atoms with van der Waals surface area (Å²) in [6.07, 6.45) is 2.81. The Labute approximate surface area is 118 Å². The number of ether oxygens (including phenoxy) is 1. The normalized spacial score (nSPS) is 10.1. The summed E-state index contributed by atoms with van der Waals surface area (Å²) in [6, 6.07) is 6.24. The lowest BCUT2D eigenvalue weighted by atomic mass is 10.3. The van der Waals surface area contributed by atoms with Crippen LogP contribution < -0.4 is 0 Å². The van der Waals surface area contributed by atoms with Gasteiger partial charge < -0.3 is 9.84 Å². The van der Waals surface area contributed by atoms with Crippen molar-refractivity contribution in [3.63, 3.8) is 0 Å². The molecule has 0 spiro atoms. The van der Waals surface area contributed by atoms with Crippen LogP contribution >= 0.6 is 11.8 Å². The molecule has 20 heavy (non-hydrogen) atoms. The maximum atomic E-state index is 11.6. The monoisotopic (exact) mass is 290 g/mol. The number of hydrogen-bond acceptors (Lipinski definition) is 6. The van der Waals surface area contributed by atoms with Crippen LogP contribution in [0.25, 0.3) is 0 Å². The topological polar surface area (TPSA) is 89.4 Å². The molecule has 0 fully saturated rings. The van der Waals surface area contributed by atoms with Gasteiger partial charge in [0.15, 0.2) is 0 Å². The molecule has 0 bridgehead atoms. The van der Waals surface area contributed by atoms with E-state index in [0.717, 1.165) is 11.8 Å². The summed E-state index contributed by atoms with van der Waals surface area (Å²) in [7, 11) is 1.30. The van der Waals surface area contributed by atoms with Crippen LogP contribution in [0.3, 0.4) is 0 Å². The second-order valence-corrected chi connectivity index (χ2v) is 4.65. The van der Waals surface area contributed by atoms with Crippen molar-refractivity contribution in [3.05, 3.63) is 47.8 Å². The summed E-state index contributed by atoms with van der Waals surface area (Å²) in [5.74, 6) is -1.52. The lowest BCUT2D eigenvalue weighted by Gasteiger charge is -2.05. The molecule has 2 aromatic rings. The first kappa shape index (κ1) is 14.0. The van der Waals surface area contributed by atoms with E-state index in [0.29, 0.717) is 15.6 Å². The first-order valence-corrected chi connectivity index (χ1v) is 6.34. The lowest BCUT2D eigenvalue weighted by Crippen LogP contribution is -2.04. The highest BCUT2D eigenvalue weighted by Crippen LogP contribution is 2.27. The third-order valence-electron chi connectivity index (χ3n) is 2.36. The molecule has 0 saturated carbocycles. The van der Waals surface area contributed by atoms with Gasteiger partial charge in [0.05, 0.1) is 18.2 Å². The highest BCUT2D eigenvalue weighted by Gasteiger charge is 2.14. The molecule has 0 unspecified atom stereocenters. The molecule has 0 aliphatic carbocycles. The Balaban J connectivity index is 2.26. The zero-order valence-electron chi connectivity index (χ0n) is 10.4. The third kappa shape index (κ3) is 3.12. The number of nitrogens with zero attached hydrogens (tertiary/aromatic N) is 2. The van der Waals surface area contributed by atoms with Gasteiger partial charge in [0, 0.05) is 12.4 Å². The summed E-state index contributed by atoms with van der Waals surface area (Å²) in [6.45, 7) is 0. The molecule has 2 heterocycles. The van der Waals surface area contributed by atoms with Crippen molar-refractivity contribution >= 4 is 23.7 Å². The molecule has 1 N–H and O–H groups in total. The van der Waals surface area contributed by atoms with Gasteiger partial charge in [0.25, 0.3) is 0 Å². The van der Waals surface area contributed by atoms with Gasteiger partial charge in [-0.05, 0) is 36.0 Å². The molecule has 0 radical (unpaired) electrons. The molecular weight excluding hydrogens is 280 g/mol. The van der Waals surface area contributed by atoms with Crippen LogP contribution in [0, 0.1) is 0 Å². The minimum absolute atomic E-state index is 0.101. The average Bonchev–Trinajstić information content (AvgIpc) is 2.47. The smallest absolute Gasteiger partial charge is 0.340 e. The van der Waals surface area contributed by atoms with Crippen LogP contribution in [0.2, 0.25) is 0 Å². The van der Waals surface area contributed by atoms with E-state index in [4.69, 9.17) is 5.11 Å². The molecule has 0 aliphatic heterocycles. The van der Waals surface area contributed by atoms with Crippen molar-refractivity contribution in [3.8, 4) is 0 Å². The molecular formula is C13H10N2O4S. The van der Waals surface area contributed by atoms with Gasteiger partial charge in [0.2, 0.25) is 0 Å². The van der Waals surface area contributed by atoms with E-state index in [1.165, 1.54) is 19.4 Å². The number of carboxylic acids is 1. The number of carbonyl (C=O) groups is 2. The maximum absolute atomic E-state index is 11.6. The van der Waals surface area contributed by atoms with E-state index in [-0.39, 0.29) is 5.56 Å². The number of esters is 1. The SMILES string of the molecule is COC(=O)c1cccnc1Sc1ccc(C(=O)O)cn1. The molecule has 0 atom stereocenters. The van der Waals surface area contributed by atoms with E-state index in [2.05, 4.69) is 14.7 Å². The molecule has 0 saturated heterocycles. The summed E-state index contributed by atoms with van der Waals surface area (Å²) >= 11 is 1.16. The van der Waals surface area contributed by atoms with Crippen molar-refractivity contribution in [2.75, 3.05) is 7.11 Å². The number of rotatable bonds is 4. The number of methoxy groups -OCH3 is 1. The molecule has 0 aromatic carbocycles. The summed E-state index contributed by atoms with van der Waals surface area (Å²) in [5, 5.41) is 9.79. The predicted molar refractivity (Wildman–Crippen MR) is 70.9 cm³/mol. The Bertz CT molecular complexity index is 643. The Morgan fingerprint density at radius 3 is 2.65 bits per heavy atom. The van der Waals surface area contributed by atoms with Crippen LogP contribution in [0.15, 0.2) is 46.7 Å². The van der Waals surface area contributed by atoms with Gasteiger partial charge in [0.1, 0.15) is 10.1 Å². The third-order valence-corrected chi connectivity index (χ3v) is 3.33. The Hall–Kier alpha value is -2.41. The molecule has 6 nitrogen and oxygen atoms in total. The molecule has 102 valence electrons. The average molecular weight is 290 g/mol. The number of carbonyl (C=O) groups excluding carboxylic acids is 1. The van der Waals surface area contributed by atoms with E-state index in [1.807, 2.05) is 0 Å². The largest absolute Gasteiger partial charge is 0.478 e. The lowest BCUT2D eigenvalue weighted by molar-refractivity contribution is 0.0595. The zero-order valence-corrected chi connectivity index (χ0v) is 11.3. The van der Waals surface area contributed by atoms with Crippen molar-refractivity contribution in [1.82, 2.24) is 9.97 Å². The van der Waals surface area contributed by atoms with E-state index in [9.17, 15) is 9.59 Å². The Morgan fingerprint density at radius 2 is 2.05 bits per heavy atom. The summed E-state index contributed by atoms with van der Waals surface area (Å²) in [5.41, 5.74) is 0.438. The van der Waals surface area contributed by atoms with Crippen molar-refractivity contribution in [2.45, 2.75) is 10.1 Å². The number of pyridine rings is 2. The Kier molecular flexibility index (Phi) is 4.31. The second-order valence-electron chi connectivity index (χ2n) is 3.64. The fourth-order valence-electron chi connectivity index (χ4n) is 1.40. The van der Waals surface area contributed by atoms with Crippen LogP contribution in [0.4, 0.5) is 0 Å². The highest BCUT2D eigenvalue weighted by molar-refractivity contribution is 7.99. The summed E-state index contributed by atoms with van der Waals surface area (Å²) < 4.78 is 4.67. The molecule has 7 heteroatoms. The van der Waals surface area contributed by atoms with Crippen LogP contribution in [-0.2, 0) is 4.74 Å². The van der Waals surface area contributed by atoms with Gasteiger partial charge in [-0.15, -0.1) is 0 Å². The number of aromatic carboxylic acids is 1. The fourth-order valence-corrected chi connectivity index (χ4v) is 2.22. The first-order chi connectivity index (χ1) is 9.61. The zero-order chi connectivity index (χ0) is 14.5. The first-order valence-electron chi connectivity index (χ1n) is 5.52. The molecule has 2 rings (SSSR count). The number of hydrogen-bond donors (Lipinski definition) is 1. The van der Waals surface area contributed by atoms with Crippen LogP contribution in [-0.4, -0.2) is 34.1 Å². The second kappa shape index (κ2) is 6.16. The van der Waals surface area contributed by atoms with Gasteiger partial charge in [-0.3, -0.25) is 0 Å². The predicted octanol–water partition coefficient (Wildman–Crippen LogP) is 2.11. The van der Waals surface area contributed by atoms with E-state index in [1.54, 1.807) is 24.4 Å². The van der Waals surface area contributed by atoms with Gasteiger partial charge in [-0.25, -0.2) is 19.6 Å². The molecule has 0 aliphatic rings. The highest BCUT2D eigenvalue weighted by atomic mass is 32.2. The standard InChI is InChI=1S/C13H10N2O4S/c1-19-13(18)9-3-2-6-14-11(9)20-10-5-4-8(7-15-10)12(16)17/h2-7H,1H3,(H,16,17). The van der Waals surface area contributed by atoms with Gasteiger partial charge >= 0.3 is 11.9 Å². The van der Waals surface area contributed by atoms with Crippen molar-refractivity contribution < 1.29 is 19.4 Å². The Morgan fingerprint density at radius 1 is 1.25 bits per heavy atom. The van der Waals surface area contributed by atoms with Crippen molar-refractivity contribution in [2.24, 2.45) is 0 Å². The van der Waals surface area contributed by atoms with Gasteiger partial charge in [-0.2, -0.15) is 0 Å². The maximum Gasteiger partial charge on any atom is 0.340 e. The number of aromatic nitrogens is 2. The van der Waals surface area contributed by atoms with Crippen molar-refractivity contribution in [1.29, 1.82) is 0 Å². The molecule has 2 aromatic heterocycles. The van der Waals surface area contributed by atoms with E-state index < -0.39 is 11.9 Å². The molecule has 0 amide bonds. The van der Waals surface area contributed by atoms with Crippen LogP contribution in [0.1, 0.15) is 20.7 Å². The van der Waals surface area contributed by atoms with Crippen LogP contribution in [0.5, 0.6) is 0 Å². The summed E-state index contributed by atoms with van der Waals surface area (Å²) in [4.78, 5) is 30.4. The quantitative estimate of drug-likeness (QED) is 0.862.